The minimum Gasteiger partial charge on any atom is -0.370 e. The van der Waals surface area contributed by atoms with Crippen molar-refractivity contribution in [2.45, 2.75) is 116 Å². The van der Waals surface area contributed by atoms with E-state index in [-0.39, 0.29) is 70.3 Å². The predicted molar refractivity (Wildman–Crippen MR) is 568 cm³/mol. The Morgan fingerprint density at radius 2 is 0.637 bits per heavy atom. The summed E-state index contributed by atoms with van der Waals surface area (Å²) in [6.45, 7) is 25.5. The Labute approximate surface area is 887 Å². The molecule has 8 fully saturated rings. The smallest absolute Gasteiger partial charge is 0.227 e. The largest absolute Gasteiger partial charge is 0.370 e. The van der Waals surface area contributed by atoms with Gasteiger partial charge in [-0.2, -0.15) is 51.4 Å². The van der Waals surface area contributed by atoms with Gasteiger partial charge in [0.2, 0.25) is 23.7 Å². The highest BCUT2D eigenvalue weighted by Crippen LogP contribution is 2.43. The van der Waals surface area contributed by atoms with Crippen LogP contribution in [0.5, 0.6) is 0 Å². The van der Waals surface area contributed by atoms with Crippen molar-refractivity contribution in [2.75, 3.05) is 175 Å². The molecule has 8 aliphatic heterocycles. The minimum atomic E-state index is -2.95. The summed E-state index contributed by atoms with van der Waals surface area (Å²) in [6, 6.07) is 28.9. The number of likely N-dealkylation sites (tertiary alicyclic amines) is 4. The molecule has 0 aliphatic carbocycles. The van der Waals surface area contributed by atoms with Crippen LogP contribution >= 0.6 is 92.8 Å². The fourth-order valence-electron chi connectivity index (χ4n) is 21.3. The lowest BCUT2D eigenvalue weighted by atomic mass is 9.80. The average Bonchev–Trinajstić information content (AvgIpc) is 1.59. The number of sulfone groups is 2. The molecule has 8 atom stereocenters. The van der Waals surface area contributed by atoms with Crippen molar-refractivity contribution in [3.05, 3.63) is 183 Å². The number of halogens is 8. The number of hydrogen-bond acceptors (Lipinski definition) is 30. The van der Waals surface area contributed by atoms with E-state index in [4.69, 9.17) is 124 Å². The summed E-state index contributed by atoms with van der Waals surface area (Å²) in [5.41, 5.74) is 18.3. The second kappa shape index (κ2) is 46.2. The first-order valence-electron chi connectivity index (χ1n) is 49.2. The molecule has 8 aliphatic rings. The van der Waals surface area contributed by atoms with Gasteiger partial charge in [0.1, 0.15) is 66.6 Å². The number of primary amides is 2. The van der Waals surface area contributed by atoms with Crippen molar-refractivity contribution in [3.63, 3.8) is 0 Å². The molecule has 4 aromatic carbocycles. The number of nitrogens with zero attached hydrogens (tertiary/aromatic N) is 28. The van der Waals surface area contributed by atoms with Crippen molar-refractivity contribution < 1.29 is 26.4 Å². The molecule has 0 radical (unpaired) electrons. The number of amides is 2. The molecule has 0 unspecified atom stereocenters. The topological polar surface area (TPSA) is 450 Å². The fourth-order valence-corrected chi connectivity index (χ4v) is 24.8. The molecule has 4 N–H and O–H groups in total. The molecule has 2 amide bonds. The Hall–Kier alpha value is -10.8. The number of rotatable bonds is 28. The Morgan fingerprint density at radius 1 is 0.363 bits per heavy atom. The molecule has 36 nitrogen and oxygen atoms in total. The Bertz CT molecular complexity index is 6860. The van der Waals surface area contributed by atoms with Crippen molar-refractivity contribution >= 4 is 192 Å². The van der Waals surface area contributed by atoms with Crippen LogP contribution in [-0.4, -0.2) is 282 Å². The van der Waals surface area contributed by atoms with Crippen LogP contribution in [0, 0.1) is 92.7 Å². The monoisotopic (exact) mass is 2170 g/mol. The van der Waals surface area contributed by atoms with Crippen molar-refractivity contribution in [1.29, 1.82) is 21.0 Å². The second-order valence-corrected chi connectivity index (χ2v) is 47.7. The number of aromatic nitrogens is 16. The van der Waals surface area contributed by atoms with Gasteiger partial charge < -0.3 is 50.7 Å². The third-order valence-corrected chi connectivity index (χ3v) is 33.9. The molecule has 8 aromatic heterocycles. The first kappa shape index (κ1) is 107. The highest BCUT2D eigenvalue weighted by Gasteiger charge is 2.43. The lowest BCUT2D eigenvalue weighted by molar-refractivity contribution is -0.119. The number of nitrogens with two attached hydrogens (primary N) is 2. The van der Waals surface area contributed by atoms with E-state index in [2.05, 4.69) is 104 Å². The van der Waals surface area contributed by atoms with E-state index in [0.717, 1.165) is 190 Å². The molecule has 146 heavy (non-hydrogen) atoms. The zero-order valence-corrected chi connectivity index (χ0v) is 89.4. The van der Waals surface area contributed by atoms with E-state index >= 15 is 0 Å². The van der Waals surface area contributed by atoms with E-state index in [1.54, 1.807) is 92.0 Å². The summed E-state index contributed by atoms with van der Waals surface area (Å²) < 4.78 is 53.2. The zero-order valence-electron chi connectivity index (χ0n) is 81.8. The highest BCUT2D eigenvalue weighted by molar-refractivity contribution is 7.90. The van der Waals surface area contributed by atoms with Gasteiger partial charge in [-0.05, 0) is 223 Å². The maximum Gasteiger partial charge on any atom is 0.227 e. The van der Waals surface area contributed by atoms with E-state index in [9.17, 15) is 47.5 Å². The van der Waals surface area contributed by atoms with Crippen LogP contribution < -0.4 is 31.1 Å². The number of hydrogen-bond donors (Lipinski definition) is 2. The van der Waals surface area contributed by atoms with Crippen LogP contribution in [-0.2, 0) is 29.3 Å². The van der Waals surface area contributed by atoms with Gasteiger partial charge in [0, 0.05) is 183 Å². The molecule has 12 aromatic rings. The van der Waals surface area contributed by atoms with E-state index in [1.807, 2.05) is 52.0 Å². The van der Waals surface area contributed by atoms with Gasteiger partial charge in [-0.1, -0.05) is 117 Å². The SMILES string of the molecule is C[C@H](c1ccc(Cl)cc1Cl)n1nc(C#N)c2cnc(N3CC([C@@H]4CCCN(CCC(N)=O)C4)C3)nc21.C[C@H](c1ccc(Cl)cc1Cl)n1nc(C#N)c2cnc(N3CC([C@H]4CCCN(CCC(N)=O)C4)C3)nc21.C[C@H](c1ccc(Cl)cc1Cl)n1nc(C#N)c2ncc(N3CC([C@@H]4CCCN(CCS(C)(=O)=O)C4)C3)nc21.C[C@H](c1ccc(Cl)cc1Cl)n1nc(C#N)c2ncc(N3CC([C@H]4CCCN(CCS(C)(=O)=O)C4)C3)nc21. The quantitative estimate of drug-likeness (QED) is 0.0460. The van der Waals surface area contributed by atoms with Crippen LogP contribution in [0.4, 0.5) is 23.5 Å². The number of piperidine rings is 4. The van der Waals surface area contributed by atoms with Crippen molar-refractivity contribution in [1.82, 2.24) is 98.6 Å². The number of carbonyl (C=O) groups is 2. The third kappa shape index (κ3) is 24.7. The van der Waals surface area contributed by atoms with Gasteiger partial charge in [0.15, 0.2) is 45.4 Å². The highest BCUT2D eigenvalue weighted by atomic mass is 35.5. The van der Waals surface area contributed by atoms with E-state index in [1.165, 1.54) is 25.4 Å². The van der Waals surface area contributed by atoms with Gasteiger partial charge in [-0.3, -0.25) is 9.59 Å². The van der Waals surface area contributed by atoms with Crippen molar-refractivity contribution in [3.8, 4) is 24.3 Å². The molecule has 20 rings (SSSR count). The lowest BCUT2D eigenvalue weighted by Crippen LogP contribution is -2.54. The zero-order chi connectivity index (χ0) is 103. The van der Waals surface area contributed by atoms with E-state index in [0.29, 0.717) is 170 Å². The average molecular weight is 2180 g/mol. The maximum atomic E-state index is 11.6. The first-order chi connectivity index (χ1) is 69.9. The molecule has 0 bridgehead atoms. The summed E-state index contributed by atoms with van der Waals surface area (Å²) in [6.07, 6.45) is 19.4. The molecule has 0 spiro atoms. The molecule has 16 heterocycles. The summed E-state index contributed by atoms with van der Waals surface area (Å²) >= 11 is 50.1. The molecular weight excluding hydrogens is 2070 g/mol. The van der Waals surface area contributed by atoms with Gasteiger partial charge in [0.25, 0.3) is 0 Å². The molecule has 768 valence electrons. The number of nitriles is 4. The minimum absolute atomic E-state index is 0.212. The van der Waals surface area contributed by atoms with Crippen LogP contribution in [0.25, 0.3) is 44.4 Å². The molecule has 46 heteroatoms. The Morgan fingerprint density at radius 3 is 0.911 bits per heavy atom. The second-order valence-electron chi connectivity index (χ2n) is 39.8. The van der Waals surface area contributed by atoms with Crippen LogP contribution in [0.1, 0.15) is 161 Å². The molecular formula is C100H114Cl8N30O6S2. The van der Waals surface area contributed by atoms with Crippen LogP contribution in [0.15, 0.2) is 97.6 Å². The lowest BCUT2D eigenvalue weighted by Gasteiger charge is -2.47. The summed E-state index contributed by atoms with van der Waals surface area (Å²) in [5, 5.41) is 62.1. The Balaban J connectivity index is 0.000000133. The molecule has 8 saturated heterocycles. The van der Waals surface area contributed by atoms with Crippen molar-refractivity contribution in [2.24, 2.45) is 58.8 Å². The fraction of sp³-hybridized carbons (Fsp3) is 0.500. The third-order valence-electron chi connectivity index (χ3n) is 29.8. The number of fused-ring (bicyclic) bond motifs is 4. The van der Waals surface area contributed by atoms with Crippen LogP contribution in [0.3, 0.4) is 0 Å². The van der Waals surface area contributed by atoms with Crippen LogP contribution in [0.2, 0.25) is 40.2 Å². The predicted octanol–water partition coefficient (Wildman–Crippen LogP) is 14.9. The van der Waals surface area contributed by atoms with Gasteiger partial charge in [0.05, 0.1) is 58.8 Å². The summed E-state index contributed by atoms with van der Waals surface area (Å²) in [5.74, 6) is 7.19. The normalized spacial score (nSPS) is 19.9. The molecule has 0 saturated carbocycles. The first-order valence-corrected chi connectivity index (χ1v) is 56.3. The van der Waals surface area contributed by atoms with Gasteiger partial charge in [-0.25, -0.2) is 65.5 Å². The number of benzene rings is 4. The van der Waals surface area contributed by atoms with Gasteiger partial charge >= 0.3 is 0 Å². The van der Waals surface area contributed by atoms with E-state index < -0.39 is 19.7 Å². The Kier molecular flexibility index (Phi) is 33.7. The summed E-state index contributed by atoms with van der Waals surface area (Å²) in [4.78, 5) is 78.0. The maximum absolute atomic E-state index is 11.6. The van der Waals surface area contributed by atoms with Gasteiger partial charge in [-0.15, -0.1) is 0 Å². The standard InChI is InChI=1S/2C25H28Cl2N8O.2C25H29Cl2N7O2S/c2*1-15(19-5-4-18(26)9-21(19)27)35-24-20(22(10-28)32-35)11-30-25(31-24)34-13-17(14-34)16-3-2-7-33(12-16)8-6-23(29)36;2*1-16(20-6-5-19(26)10-21(20)27)34-25-24(22(11-28)31-34)29-12-23(30-25)33-14-18(15-33)17-4-3-7-32(13-17)8-9-37(2,35)36/h2*4-5,9,11,15-17H,2-3,6-8,12-14H2,1H3,(H2,29,36);2*5-6,10,12,16-18H,3-4,7-9,13-15H2,1-2H3/t15-,16+;15-,16-;16-,17+;16-,17-/m1111/s1. The number of anilines is 4. The summed E-state index contributed by atoms with van der Waals surface area (Å²) in [7, 11) is -5.91. The number of carbonyl (C=O) groups excluding carboxylic acids is 2.